The van der Waals surface area contributed by atoms with Gasteiger partial charge in [-0.2, -0.15) is 13.2 Å². The first kappa shape index (κ1) is 21.8. The van der Waals surface area contributed by atoms with E-state index in [0.717, 1.165) is 6.42 Å². The smallest absolute Gasteiger partial charge is 0.372 e. The van der Waals surface area contributed by atoms with Gasteiger partial charge in [0.1, 0.15) is 6.23 Å². The van der Waals surface area contributed by atoms with Crippen LogP contribution in [0.3, 0.4) is 0 Å². The number of likely N-dealkylation sites (tertiary alicyclic amines) is 1. The zero-order valence-corrected chi connectivity index (χ0v) is 17.6. The summed E-state index contributed by atoms with van der Waals surface area (Å²) in [7, 11) is 3.25. The molecule has 2 aliphatic rings. The first-order valence-corrected chi connectivity index (χ1v) is 10.1. The molecule has 1 fully saturated rings. The number of carbonyl (C=O) groups is 1. The molecule has 1 aliphatic carbocycles. The van der Waals surface area contributed by atoms with Crippen molar-refractivity contribution < 1.29 is 27.8 Å². The van der Waals surface area contributed by atoms with E-state index in [4.69, 9.17) is 4.74 Å². The topological polar surface area (TPSA) is 53.0 Å². The zero-order chi connectivity index (χ0) is 22.6. The van der Waals surface area contributed by atoms with Crippen LogP contribution in [-0.2, 0) is 15.1 Å². The molecule has 5 nitrogen and oxygen atoms in total. The van der Waals surface area contributed by atoms with Crippen molar-refractivity contribution in [1.82, 2.24) is 9.80 Å². The summed E-state index contributed by atoms with van der Waals surface area (Å²) in [5, 5.41) is 10.9. The Morgan fingerprint density at radius 3 is 2.55 bits per heavy atom. The summed E-state index contributed by atoms with van der Waals surface area (Å²) >= 11 is 0. The number of carbonyl (C=O) groups excluding carboxylic acids is 1. The molecule has 0 radical (unpaired) electrons. The number of halogens is 3. The van der Waals surface area contributed by atoms with Crippen LogP contribution in [0.1, 0.15) is 36.3 Å². The van der Waals surface area contributed by atoms with Crippen LogP contribution in [0.4, 0.5) is 13.2 Å². The molecule has 0 bridgehead atoms. The lowest BCUT2D eigenvalue weighted by Crippen LogP contribution is -2.42. The molecule has 0 spiro atoms. The number of fused-ring (bicyclic) bond motifs is 3. The molecule has 3 unspecified atom stereocenters. The van der Waals surface area contributed by atoms with Gasteiger partial charge in [0, 0.05) is 51.3 Å². The second kappa shape index (κ2) is 7.62. The molecule has 1 aliphatic heterocycles. The number of aliphatic hydroxyl groups is 1. The van der Waals surface area contributed by atoms with E-state index in [1.54, 1.807) is 36.2 Å². The third kappa shape index (κ3) is 3.33. The fourth-order valence-electron chi connectivity index (χ4n) is 4.78. The van der Waals surface area contributed by atoms with Gasteiger partial charge >= 0.3 is 6.18 Å². The number of nitrogens with zero attached hydrogens (tertiary/aromatic N) is 2. The van der Waals surface area contributed by atoms with Gasteiger partial charge in [0.2, 0.25) is 11.5 Å². The number of methoxy groups -OCH3 is 1. The van der Waals surface area contributed by atoms with Gasteiger partial charge in [-0.1, -0.05) is 36.4 Å². The van der Waals surface area contributed by atoms with Crippen molar-refractivity contribution in [1.29, 1.82) is 0 Å². The second-order valence-electron chi connectivity index (χ2n) is 8.21. The largest absolute Gasteiger partial charge is 0.425 e. The maximum atomic E-state index is 14.1. The summed E-state index contributed by atoms with van der Waals surface area (Å²) in [4.78, 5) is 15.4. The third-order valence-electron chi connectivity index (χ3n) is 6.53. The van der Waals surface area contributed by atoms with E-state index in [1.165, 1.54) is 32.2 Å². The first-order valence-electron chi connectivity index (χ1n) is 10.1. The molecule has 1 amide bonds. The minimum Gasteiger partial charge on any atom is -0.372 e. The highest BCUT2D eigenvalue weighted by molar-refractivity contribution is 5.81. The average Bonchev–Trinajstić information content (AvgIpc) is 3.31. The van der Waals surface area contributed by atoms with Gasteiger partial charge < -0.3 is 14.7 Å². The zero-order valence-electron chi connectivity index (χ0n) is 17.6. The van der Waals surface area contributed by atoms with Crippen molar-refractivity contribution >= 4 is 5.91 Å². The molecule has 2 aromatic carbocycles. The summed E-state index contributed by atoms with van der Waals surface area (Å²) < 4.78 is 48.0. The molecule has 0 saturated carbocycles. The highest BCUT2D eigenvalue weighted by atomic mass is 19.4. The van der Waals surface area contributed by atoms with Crippen molar-refractivity contribution in [2.45, 2.75) is 37.4 Å². The number of hydrogen-bond donors (Lipinski definition) is 1. The Bertz CT molecular complexity index is 1010. The summed E-state index contributed by atoms with van der Waals surface area (Å²) in [5.74, 6) is -0.0358. The maximum Gasteiger partial charge on any atom is 0.425 e. The number of amides is 1. The Balaban J connectivity index is 1.72. The van der Waals surface area contributed by atoms with E-state index in [1.807, 2.05) is 4.90 Å². The van der Waals surface area contributed by atoms with E-state index in [-0.39, 0.29) is 23.1 Å². The molecule has 166 valence electrons. The molecule has 0 aromatic heterocycles. The summed E-state index contributed by atoms with van der Waals surface area (Å²) in [6.45, 7) is 2.70. The van der Waals surface area contributed by atoms with Gasteiger partial charge in [-0.25, -0.2) is 0 Å². The van der Waals surface area contributed by atoms with Crippen molar-refractivity contribution in [2.24, 2.45) is 0 Å². The lowest BCUT2D eigenvalue weighted by molar-refractivity contribution is -0.246. The lowest BCUT2D eigenvalue weighted by Gasteiger charge is -2.31. The summed E-state index contributed by atoms with van der Waals surface area (Å²) in [6, 6.07) is 10.8. The molecule has 1 heterocycles. The van der Waals surface area contributed by atoms with Gasteiger partial charge in [0.05, 0.1) is 0 Å². The molecule has 1 saturated heterocycles. The van der Waals surface area contributed by atoms with E-state index < -0.39 is 18.0 Å². The number of benzene rings is 2. The quantitative estimate of drug-likeness (QED) is 0.798. The van der Waals surface area contributed by atoms with Crippen LogP contribution in [0.15, 0.2) is 42.5 Å². The summed E-state index contributed by atoms with van der Waals surface area (Å²) in [5.41, 5.74) is -2.14. The molecule has 3 atom stereocenters. The van der Waals surface area contributed by atoms with Crippen molar-refractivity contribution in [3.63, 3.8) is 0 Å². The lowest BCUT2D eigenvalue weighted by atomic mass is 9.89. The predicted molar refractivity (Wildman–Crippen MR) is 109 cm³/mol. The second-order valence-corrected chi connectivity index (χ2v) is 8.21. The van der Waals surface area contributed by atoms with E-state index >= 15 is 0 Å². The van der Waals surface area contributed by atoms with Crippen LogP contribution in [0.2, 0.25) is 0 Å². The normalized spacial score (nSPS) is 24.0. The molecule has 4 rings (SSSR count). The van der Waals surface area contributed by atoms with Crippen molar-refractivity contribution in [3.05, 3.63) is 59.2 Å². The van der Waals surface area contributed by atoms with Crippen LogP contribution in [0.5, 0.6) is 0 Å². The van der Waals surface area contributed by atoms with E-state index in [2.05, 4.69) is 0 Å². The third-order valence-corrected chi connectivity index (χ3v) is 6.53. The molecule has 2 aromatic rings. The number of hydrogen-bond acceptors (Lipinski definition) is 4. The highest BCUT2D eigenvalue weighted by Crippen LogP contribution is 2.55. The Morgan fingerprint density at radius 2 is 1.90 bits per heavy atom. The average molecular weight is 434 g/mol. The minimum absolute atomic E-state index is 0.0148. The predicted octanol–water partition coefficient (Wildman–Crippen LogP) is 3.66. The maximum absolute atomic E-state index is 14.1. The van der Waals surface area contributed by atoms with Crippen molar-refractivity contribution in [3.8, 4) is 11.1 Å². The molecular formula is C23H25F3N2O3. The van der Waals surface area contributed by atoms with Crippen LogP contribution < -0.4 is 0 Å². The van der Waals surface area contributed by atoms with Gasteiger partial charge in [0.15, 0.2) is 0 Å². The van der Waals surface area contributed by atoms with Crippen LogP contribution in [0, 0.1) is 0 Å². The van der Waals surface area contributed by atoms with Crippen molar-refractivity contribution in [2.75, 3.05) is 27.2 Å². The summed E-state index contributed by atoms with van der Waals surface area (Å²) in [6.07, 6.45) is -4.71. The number of likely N-dealkylation sites (N-methyl/N-ethyl adjacent to an activating group) is 1. The fourth-order valence-corrected chi connectivity index (χ4v) is 4.78. The van der Waals surface area contributed by atoms with E-state index in [0.29, 0.717) is 29.8 Å². The minimum atomic E-state index is -4.88. The number of rotatable bonds is 4. The highest BCUT2D eigenvalue weighted by Gasteiger charge is 2.60. The van der Waals surface area contributed by atoms with Gasteiger partial charge in [-0.15, -0.1) is 0 Å². The first-order chi connectivity index (χ1) is 14.6. The number of alkyl halides is 3. The molecule has 31 heavy (non-hydrogen) atoms. The van der Waals surface area contributed by atoms with Crippen LogP contribution >= 0.6 is 0 Å². The fraction of sp³-hybridized carbons (Fsp3) is 0.435. The Kier molecular flexibility index (Phi) is 5.36. The molecule has 1 N–H and O–H groups in total. The SMILES string of the molecule is COC(c1ccc2c(c1)C(O)(C(F)(F)F)c1ccccc1-2)N1CCC(N(C)C(C)=O)C1. The van der Waals surface area contributed by atoms with Gasteiger partial charge in [-0.3, -0.25) is 9.69 Å². The number of ether oxygens (including phenoxy) is 1. The Hall–Kier alpha value is -2.42. The van der Waals surface area contributed by atoms with Gasteiger partial charge in [0.25, 0.3) is 0 Å². The Labute approximate surface area is 179 Å². The molecular weight excluding hydrogens is 409 g/mol. The monoisotopic (exact) mass is 434 g/mol. The van der Waals surface area contributed by atoms with Crippen LogP contribution in [0.25, 0.3) is 11.1 Å². The standard InChI is InChI=1S/C23H25F3N2O3/c1-14(29)27(2)16-10-11-28(13-16)21(31-3)15-8-9-18-17-6-4-5-7-19(17)22(30,20(18)12-15)23(24,25)26/h4-9,12,16,21,30H,10-11,13H2,1-3H3. The molecule has 8 heteroatoms. The van der Waals surface area contributed by atoms with Crippen LogP contribution in [-0.4, -0.2) is 60.3 Å². The van der Waals surface area contributed by atoms with Gasteiger partial charge in [-0.05, 0) is 29.2 Å². The Morgan fingerprint density at radius 1 is 1.23 bits per heavy atom. The van der Waals surface area contributed by atoms with E-state index in [9.17, 15) is 23.1 Å².